The molecule has 1 unspecified atom stereocenters. The number of aliphatic hydroxyl groups is 1. The van der Waals surface area contributed by atoms with Crippen LogP contribution in [0.15, 0.2) is 18.2 Å². The predicted molar refractivity (Wildman–Crippen MR) is 115 cm³/mol. The summed E-state index contributed by atoms with van der Waals surface area (Å²) in [4.78, 5) is 0. The van der Waals surface area contributed by atoms with Crippen molar-refractivity contribution in [3.8, 4) is 5.75 Å². The summed E-state index contributed by atoms with van der Waals surface area (Å²) in [6, 6.07) is 6.56. The van der Waals surface area contributed by atoms with Crippen molar-refractivity contribution < 1.29 is 9.53 Å². The van der Waals surface area contributed by atoms with Crippen molar-refractivity contribution in [2.24, 2.45) is 17.8 Å². The topological polar surface area (TPSA) is 29.5 Å². The van der Waals surface area contributed by atoms with Gasteiger partial charge in [-0.2, -0.15) is 0 Å². The van der Waals surface area contributed by atoms with Gasteiger partial charge in [-0.3, -0.25) is 0 Å². The van der Waals surface area contributed by atoms with Crippen LogP contribution in [0.2, 0.25) is 18.1 Å². The predicted octanol–water partition coefficient (Wildman–Crippen LogP) is 6.59. The minimum atomic E-state index is -1.90. The molecule has 0 aromatic heterocycles. The van der Waals surface area contributed by atoms with Crippen molar-refractivity contribution in [1.82, 2.24) is 0 Å². The number of benzene rings is 1. The van der Waals surface area contributed by atoms with E-state index in [4.69, 9.17) is 4.43 Å². The van der Waals surface area contributed by atoms with Gasteiger partial charge in [0.15, 0.2) is 0 Å². The normalized spacial score (nSPS) is 34.0. The number of aliphatic hydroxyl groups excluding tert-OH is 1. The molecule has 0 aliphatic heterocycles. The van der Waals surface area contributed by atoms with Gasteiger partial charge in [0.2, 0.25) is 8.32 Å². The van der Waals surface area contributed by atoms with Crippen molar-refractivity contribution in [2.45, 2.75) is 95.9 Å². The van der Waals surface area contributed by atoms with E-state index in [1.807, 2.05) is 6.92 Å². The maximum atomic E-state index is 10.3. The van der Waals surface area contributed by atoms with E-state index in [2.05, 4.69) is 52.1 Å². The zero-order chi connectivity index (χ0) is 19.6. The second-order valence-corrected chi connectivity index (χ2v) is 16.2. The maximum Gasteiger partial charge on any atom is 0.250 e. The summed E-state index contributed by atoms with van der Waals surface area (Å²) in [5, 5.41) is 10.4. The molecule has 150 valence electrons. The molecule has 27 heavy (non-hydrogen) atoms. The smallest absolute Gasteiger partial charge is 0.250 e. The van der Waals surface area contributed by atoms with E-state index in [9.17, 15) is 5.11 Å². The largest absolute Gasteiger partial charge is 0.543 e. The third-order valence-electron chi connectivity index (χ3n) is 8.27. The van der Waals surface area contributed by atoms with Gasteiger partial charge >= 0.3 is 0 Å². The van der Waals surface area contributed by atoms with Gasteiger partial charge in [0.25, 0.3) is 0 Å². The molecule has 0 saturated heterocycles. The summed E-state index contributed by atoms with van der Waals surface area (Å²) in [5.74, 6) is 3.85. The van der Waals surface area contributed by atoms with Gasteiger partial charge in [-0.1, -0.05) is 26.8 Å². The van der Waals surface area contributed by atoms with E-state index in [-0.39, 0.29) is 10.5 Å². The molecule has 1 aromatic rings. The fourth-order valence-corrected chi connectivity index (χ4v) is 7.21. The zero-order valence-corrected chi connectivity index (χ0v) is 19.1. The van der Waals surface area contributed by atoms with Crippen LogP contribution in [-0.4, -0.2) is 13.4 Å². The summed E-state index contributed by atoms with van der Waals surface area (Å²) < 4.78 is 6.88. The van der Waals surface area contributed by atoms with Crippen LogP contribution in [0.25, 0.3) is 0 Å². The van der Waals surface area contributed by atoms with Crippen LogP contribution in [-0.2, 0) is 5.41 Å². The second kappa shape index (κ2) is 6.35. The molecule has 4 fully saturated rings. The van der Waals surface area contributed by atoms with E-state index < -0.39 is 14.4 Å². The zero-order valence-electron chi connectivity index (χ0n) is 18.1. The van der Waals surface area contributed by atoms with Gasteiger partial charge in [-0.25, -0.2) is 0 Å². The number of hydrogen-bond donors (Lipinski definition) is 1. The highest BCUT2D eigenvalue weighted by Gasteiger charge is 2.53. The van der Waals surface area contributed by atoms with Gasteiger partial charge in [0.05, 0.1) is 6.10 Å². The van der Waals surface area contributed by atoms with E-state index in [0.29, 0.717) is 0 Å². The maximum absolute atomic E-state index is 10.3. The SMILES string of the molecule is CC(O)c1ccc(O[Si](C)(C)C(C)(C)C)c(C23CC4CC(CC(C4)C2)C3)c1. The minimum Gasteiger partial charge on any atom is -0.543 e. The van der Waals surface area contributed by atoms with Gasteiger partial charge in [0, 0.05) is 0 Å². The monoisotopic (exact) mass is 386 g/mol. The first-order chi connectivity index (χ1) is 12.5. The van der Waals surface area contributed by atoms with Crippen molar-refractivity contribution in [3.05, 3.63) is 29.3 Å². The quantitative estimate of drug-likeness (QED) is 0.591. The Hall–Kier alpha value is -0.803. The van der Waals surface area contributed by atoms with Crippen LogP contribution in [0.4, 0.5) is 0 Å². The lowest BCUT2D eigenvalue weighted by atomic mass is 9.48. The van der Waals surface area contributed by atoms with Crippen molar-refractivity contribution in [2.75, 3.05) is 0 Å². The standard InChI is InChI=1S/C24H38O2Si/c1-16(25)20-7-8-22(26-27(5,6)23(2,3)4)21(12-20)24-13-17-9-18(14-24)11-19(10-17)15-24/h7-8,12,16-19,25H,9-11,13-15H2,1-6H3. The lowest BCUT2D eigenvalue weighted by Crippen LogP contribution is -2.49. The highest BCUT2D eigenvalue weighted by atomic mass is 28.4. The molecule has 0 radical (unpaired) electrons. The van der Waals surface area contributed by atoms with Gasteiger partial charge in [-0.15, -0.1) is 0 Å². The molecule has 5 rings (SSSR count). The Kier molecular flexibility index (Phi) is 4.59. The van der Waals surface area contributed by atoms with Crippen LogP contribution < -0.4 is 4.43 Å². The summed E-state index contributed by atoms with van der Waals surface area (Å²) in [7, 11) is -1.90. The molecule has 1 aromatic carbocycles. The molecule has 0 amide bonds. The van der Waals surface area contributed by atoms with Crippen molar-refractivity contribution in [3.63, 3.8) is 0 Å². The fourth-order valence-electron chi connectivity index (χ4n) is 6.18. The molecule has 0 heterocycles. The number of rotatable bonds is 4. The Morgan fingerprint density at radius 3 is 2.00 bits per heavy atom. The molecule has 4 saturated carbocycles. The van der Waals surface area contributed by atoms with Crippen molar-refractivity contribution in [1.29, 1.82) is 0 Å². The first-order valence-corrected chi connectivity index (χ1v) is 13.9. The summed E-state index contributed by atoms with van der Waals surface area (Å²) >= 11 is 0. The second-order valence-electron chi connectivity index (χ2n) is 11.5. The first-order valence-electron chi connectivity index (χ1n) is 11.0. The molecule has 1 atom stereocenters. The third-order valence-corrected chi connectivity index (χ3v) is 12.6. The van der Waals surface area contributed by atoms with Crippen LogP contribution in [0.3, 0.4) is 0 Å². The van der Waals surface area contributed by atoms with E-state index in [0.717, 1.165) is 29.1 Å². The van der Waals surface area contributed by atoms with Gasteiger partial charge < -0.3 is 9.53 Å². The van der Waals surface area contributed by atoms with Crippen LogP contribution >= 0.6 is 0 Å². The molecular formula is C24H38O2Si. The van der Waals surface area contributed by atoms with E-state index in [1.165, 1.54) is 44.1 Å². The Labute approximate surface area is 166 Å². The lowest BCUT2D eigenvalue weighted by molar-refractivity contribution is -0.00595. The van der Waals surface area contributed by atoms with Gasteiger partial charge in [-0.05, 0) is 110 Å². The Morgan fingerprint density at radius 2 is 1.56 bits per heavy atom. The number of hydrogen-bond acceptors (Lipinski definition) is 2. The first kappa shape index (κ1) is 19.5. The van der Waals surface area contributed by atoms with Crippen LogP contribution in [0.1, 0.15) is 83.5 Å². The fraction of sp³-hybridized carbons (Fsp3) is 0.750. The molecule has 0 spiro atoms. The lowest BCUT2D eigenvalue weighted by Gasteiger charge is -2.57. The Bertz CT molecular complexity index is 678. The highest BCUT2D eigenvalue weighted by molar-refractivity contribution is 6.74. The van der Waals surface area contributed by atoms with Gasteiger partial charge in [0.1, 0.15) is 5.75 Å². The average Bonchev–Trinajstić information content (AvgIpc) is 2.52. The minimum absolute atomic E-state index is 0.189. The summed E-state index contributed by atoms with van der Waals surface area (Å²) in [6.07, 6.45) is 7.93. The van der Waals surface area contributed by atoms with E-state index >= 15 is 0 Å². The van der Waals surface area contributed by atoms with Crippen LogP contribution in [0.5, 0.6) is 5.75 Å². The summed E-state index contributed by atoms with van der Waals surface area (Å²) in [6.45, 7) is 13.5. The van der Waals surface area contributed by atoms with E-state index in [1.54, 1.807) is 0 Å². The molecular weight excluding hydrogens is 348 g/mol. The van der Waals surface area contributed by atoms with Crippen LogP contribution in [0, 0.1) is 17.8 Å². The van der Waals surface area contributed by atoms with Crippen molar-refractivity contribution >= 4 is 8.32 Å². The molecule has 4 aliphatic rings. The molecule has 4 bridgehead atoms. The molecule has 2 nitrogen and oxygen atoms in total. The molecule has 4 aliphatic carbocycles. The Balaban J connectivity index is 1.77. The highest BCUT2D eigenvalue weighted by Crippen LogP contribution is 2.62. The third kappa shape index (κ3) is 3.39. The average molecular weight is 387 g/mol. The Morgan fingerprint density at radius 1 is 1.04 bits per heavy atom. The summed E-state index contributed by atoms with van der Waals surface area (Å²) in [5.41, 5.74) is 2.75. The molecule has 3 heteroatoms. The molecule has 1 N–H and O–H groups in total.